The molecule has 7 nitrogen and oxygen atoms in total. The number of amides is 1. The second-order valence-corrected chi connectivity index (χ2v) is 5.82. The number of rotatable bonds is 3. The number of nitrogens with zero attached hydrogens (tertiary/aromatic N) is 3. The second-order valence-electron chi connectivity index (χ2n) is 5.82. The van der Waals surface area contributed by atoms with Gasteiger partial charge >= 0.3 is 0 Å². The Balaban J connectivity index is 1.81. The highest BCUT2D eigenvalue weighted by Crippen LogP contribution is 2.26. The van der Waals surface area contributed by atoms with Crippen LogP contribution in [0.2, 0.25) is 0 Å². The first-order chi connectivity index (χ1) is 11.6. The standard InChI is InChI=1S/C17H20N4O3/c1-20-7-8-21(17(23)14-9-18-11-19-16(14)22)10-15(20)12-3-5-13(24-2)6-4-12/h3-6,9,11,15H,7-8,10H2,1-2H3,(H,18,19,22). The number of H-pyrrole nitrogens is 1. The topological polar surface area (TPSA) is 78.5 Å². The van der Waals surface area contributed by atoms with E-state index in [-0.39, 0.29) is 17.5 Å². The molecule has 1 aromatic carbocycles. The highest BCUT2D eigenvalue weighted by molar-refractivity contribution is 5.93. The zero-order valence-electron chi connectivity index (χ0n) is 13.7. The summed E-state index contributed by atoms with van der Waals surface area (Å²) < 4.78 is 5.19. The number of carbonyl (C=O) groups excluding carboxylic acids is 1. The van der Waals surface area contributed by atoms with Crippen molar-refractivity contribution in [3.63, 3.8) is 0 Å². The van der Waals surface area contributed by atoms with Crippen LogP contribution in [0.1, 0.15) is 22.0 Å². The first kappa shape index (κ1) is 16.2. The number of ether oxygens (including phenoxy) is 1. The summed E-state index contributed by atoms with van der Waals surface area (Å²) in [5.74, 6) is 0.517. The summed E-state index contributed by atoms with van der Waals surface area (Å²) in [4.78, 5) is 34.7. The largest absolute Gasteiger partial charge is 0.497 e. The van der Waals surface area contributed by atoms with E-state index in [9.17, 15) is 9.59 Å². The van der Waals surface area contributed by atoms with Crippen molar-refractivity contribution in [1.29, 1.82) is 0 Å². The third-order valence-electron chi connectivity index (χ3n) is 4.38. The molecule has 2 heterocycles. The molecule has 0 radical (unpaired) electrons. The summed E-state index contributed by atoms with van der Waals surface area (Å²) in [6, 6.07) is 7.91. The lowest BCUT2D eigenvalue weighted by Gasteiger charge is -2.39. The molecule has 0 aliphatic carbocycles. The zero-order chi connectivity index (χ0) is 17.1. The number of piperazine rings is 1. The maximum Gasteiger partial charge on any atom is 0.263 e. The Labute approximate surface area is 139 Å². The van der Waals surface area contributed by atoms with Crippen molar-refractivity contribution < 1.29 is 9.53 Å². The van der Waals surface area contributed by atoms with Crippen molar-refractivity contribution in [3.05, 3.63) is 58.3 Å². The van der Waals surface area contributed by atoms with Crippen molar-refractivity contribution >= 4 is 5.91 Å². The third-order valence-corrected chi connectivity index (χ3v) is 4.38. The van der Waals surface area contributed by atoms with E-state index in [2.05, 4.69) is 14.9 Å². The lowest BCUT2D eigenvalue weighted by molar-refractivity contribution is 0.0544. The average molecular weight is 328 g/mol. The highest BCUT2D eigenvalue weighted by Gasteiger charge is 2.30. The van der Waals surface area contributed by atoms with Crippen molar-refractivity contribution in [2.24, 2.45) is 0 Å². The lowest BCUT2D eigenvalue weighted by Crippen LogP contribution is -2.49. The number of likely N-dealkylation sites (N-methyl/N-ethyl adjacent to an activating group) is 1. The van der Waals surface area contributed by atoms with Crippen LogP contribution < -0.4 is 10.3 Å². The van der Waals surface area contributed by atoms with Gasteiger partial charge in [-0.2, -0.15) is 0 Å². The number of aromatic amines is 1. The smallest absolute Gasteiger partial charge is 0.263 e. The molecule has 1 aromatic heterocycles. The van der Waals surface area contributed by atoms with Crippen LogP contribution in [0.4, 0.5) is 0 Å². The minimum absolute atomic E-state index is 0.0735. The van der Waals surface area contributed by atoms with Gasteiger partial charge in [0.1, 0.15) is 11.3 Å². The van der Waals surface area contributed by atoms with Crippen LogP contribution in [0, 0.1) is 0 Å². The van der Waals surface area contributed by atoms with E-state index in [0.717, 1.165) is 17.9 Å². The van der Waals surface area contributed by atoms with Crippen molar-refractivity contribution in [1.82, 2.24) is 19.8 Å². The molecular formula is C17H20N4O3. The van der Waals surface area contributed by atoms with E-state index < -0.39 is 5.56 Å². The first-order valence-electron chi connectivity index (χ1n) is 7.76. The van der Waals surface area contributed by atoms with E-state index in [0.29, 0.717) is 13.1 Å². The van der Waals surface area contributed by atoms with Gasteiger partial charge in [-0.05, 0) is 24.7 Å². The summed E-state index contributed by atoms with van der Waals surface area (Å²) in [6.07, 6.45) is 2.60. The van der Waals surface area contributed by atoms with E-state index in [1.807, 2.05) is 31.3 Å². The summed E-state index contributed by atoms with van der Waals surface area (Å²) in [7, 11) is 3.67. The van der Waals surface area contributed by atoms with Crippen molar-refractivity contribution in [3.8, 4) is 5.75 Å². The summed E-state index contributed by atoms with van der Waals surface area (Å²) in [5, 5.41) is 0. The van der Waals surface area contributed by atoms with Gasteiger partial charge in [0, 0.05) is 25.8 Å². The predicted molar refractivity (Wildman–Crippen MR) is 89.1 cm³/mol. The molecule has 0 bridgehead atoms. The Bertz CT molecular complexity index is 772. The fourth-order valence-corrected chi connectivity index (χ4v) is 2.91. The van der Waals surface area contributed by atoms with Crippen LogP contribution in [0.3, 0.4) is 0 Å². The Hall–Kier alpha value is -2.67. The van der Waals surface area contributed by atoms with E-state index >= 15 is 0 Å². The van der Waals surface area contributed by atoms with E-state index in [4.69, 9.17) is 4.74 Å². The molecule has 0 saturated carbocycles. The average Bonchev–Trinajstić information content (AvgIpc) is 2.62. The van der Waals surface area contributed by atoms with Gasteiger partial charge in [-0.1, -0.05) is 12.1 Å². The van der Waals surface area contributed by atoms with Crippen LogP contribution >= 0.6 is 0 Å². The van der Waals surface area contributed by atoms with Crippen LogP contribution in [0.25, 0.3) is 0 Å². The molecule has 1 aliphatic rings. The number of hydrogen-bond acceptors (Lipinski definition) is 5. The van der Waals surface area contributed by atoms with Gasteiger partial charge in [-0.15, -0.1) is 0 Å². The molecule has 1 aliphatic heterocycles. The van der Waals surface area contributed by atoms with Crippen LogP contribution in [-0.2, 0) is 0 Å². The Morgan fingerprint density at radius 2 is 2.04 bits per heavy atom. The maximum atomic E-state index is 12.6. The summed E-state index contributed by atoms with van der Waals surface area (Å²) >= 11 is 0. The second kappa shape index (κ2) is 6.84. The molecule has 1 saturated heterocycles. The minimum Gasteiger partial charge on any atom is -0.497 e. The molecule has 7 heteroatoms. The predicted octanol–water partition coefficient (Wildman–Crippen LogP) is 0.907. The fourth-order valence-electron chi connectivity index (χ4n) is 2.91. The molecule has 2 aromatic rings. The molecule has 1 atom stereocenters. The molecule has 1 fully saturated rings. The minimum atomic E-state index is -0.407. The number of methoxy groups -OCH3 is 1. The molecule has 24 heavy (non-hydrogen) atoms. The summed E-state index contributed by atoms with van der Waals surface area (Å²) in [5.41, 5.74) is 0.779. The van der Waals surface area contributed by atoms with Crippen LogP contribution in [0.15, 0.2) is 41.6 Å². The van der Waals surface area contributed by atoms with Gasteiger partial charge in [0.25, 0.3) is 11.5 Å². The van der Waals surface area contributed by atoms with Gasteiger partial charge in [-0.25, -0.2) is 4.98 Å². The highest BCUT2D eigenvalue weighted by atomic mass is 16.5. The molecule has 126 valence electrons. The number of nitrogens with one attached hydrogen (secondary N) is 1. The third kappa shape index (κ3) is 3.16. The van der Waals surface area contributed by atoms with Gasteiger partial charge in [0.2, 0.25) is 0 Å². The summed E-state index contributed by atoms with van der Waals surface area (Å²) in [6.45, 7) is 1.84. The van der Waals surface area contributed by atoms with Gasteiger partial charge < -0.3 is 14.6 Å². The fraction of sp³-hybridized carbons (Fsp3) is 0.353. The molecule has 3 rings (SSSR count). The number of benzene rings is 1. The van der Waals surface area contributed by atoms with Gasteiger partial charge in [0.05, 0.1) is 19.5 Å². The number of carbonyl (C=O) groups is 1. The van der Waals surface area contributed by atoms with Crippen molar-refractivity contribution in [2.75, 3.05) is 33.8 Å². The monoisotopic (exact) mass is 328 g/mol. The van der Waals surface area contributed by atoms with Crippen LogP contribution in [0.5, 0.6) is 5.75 Å². The normalized spacial score (nSPS) is 18.4. The molecule has 1 N–H and O–H groups in total. The Kier molecular flexibility index (Phi) is 4.61. The Morgan fingerprint density at radius 1 is 1.29 bits per heavy atom. The van der Waals surface area contributed by atoms with E-state index in [1.165, 1.54) is 12.5 Å². The SMILES string of the molecule is COc1ccc(C2CN(C(=O)c3cnc[nH]c3=O)CCN2C)cc1. The van der Waals surface area contributed by atoms with E-state index in [1.54, 1.807) is 12.0 Å². The van der Waals surface area contributed by atoms with Gasteiger partial charge in [-0.3, -0.25) is 14.5 Å². The molecular weight excluding hydrogens is 308 g/mol. The molecule has 1 unspecified atom stereocenters. The van der Waals surface area contributed by atoms with Crippen LogP contribution in [-0.4, -0.2) is 59.5 Å². The number of hydrogen-bond donors (Lipinski definition) is 1. The first-order valence-corrected chi connectivity index (χ1v) is 7.76. The van der Waals surface area contributed by atoms with Crippen molar-refractivity contribution in [2.45, 2.75) is 6.04 Å². The molecule has 0 spiro atoms. The van der Waals surface area contributed by atoms with Gasteiger partial charge in [0.15, 0.2) is 0 Å². The quantitative estimate of drug-likeness (QED) is 0.906. The Morgan fingerprint density at radius 3 is 2.71 bits per heavy atom. The number of aromatic nitrogens is 2. The zero-order valence-corrected chi connectivity index (χ0v) is 13.7. The maximum absolute atomic E-state index is 12.6. The lowest BCUT2D eigenvalue weighted by atomic mass is 10.0. The molecule has 1 amide bonds.